The topological polar surface area (TPSA) is 79.0 Å². The minimum Gasteiger partial charge on any atom is -0.385 e. The molecule has 26 heavy (non-hydrogen) atoms. The summed E-state index contributed by atoms with van der Waals surface area (Å²) >= 11 is 0. The molecule has 7 nitrogen and oxygen atoms in total. The first-order chi connectivity index (χ1) is 12.5. The molecule has 1 N–H and O–H groups in total. The minimum absolute atomic E-state index is 0.137. The Labute approximate surface area is 156 Å². The van der Waals surface area contributed by atoms with Gasteiger partial charge in [-0.15, -0.1) is 0 Å². The zero-order chi connectivity index (χ0) is 19.0. The fraction of sp³-hybridized carbons (Fsp3) is 0.611. The Morgan fingerprint density at radius 3 is 2.46 bits per heavy atom. The van der Waals surface area contributed by atoms with Gasteiger partial charge in [0.1, 0.15) is 0 Å². The van der Waals surface area contributed by atoms with E-state index in [-0.39, 0.29) is 23.9 Å². The lowest BCUT2D eigenvalue weighted by atomic mass is 10.2. The van der Waals surface area contributed by atoms with E-state index in [1.807, 2.05) is 19.1 Å². The van der Waals surface area contributed by atoms with Gasteiger partial charge in [-0.05, 0) is 30.5 Å². The normalized spacial score (nSPS) is 15.4. The van der Waals surface area contributed by atoms with Gasteiger partial charge < -0.3 is 15.0 Å². The zero-order valence-corrected chi connectivity index (χ0v) is 16.4. The van der Waals surface area contributed by atoms with Gasteiger partial charge in [-0.1, -0.05) is 19.1 Å². The van der Waals surface area contributed by atoms with E-state index in [4.69, 9.17) is 4.74 Å². The highest BCUT2D eigenvalue weighted by atomic mass is 32.2. The summed E-state index contributed by atoms with van der Waals surface area (Å²) in [6.07, 6.45) is 1.39. The van der Waals surface area contributed by atoms with Gasteiger partial charge in [0, 0.05) is 46.4 Å². The van der Waals surface area contributed by atoms with Crippen LogP contribution in [-0.2, 0) is 26.0 Å². The van der Waals surface area contributed by atoms with E-state index in [0.717, 1.165) is 25.1 Å². The third-order valence-electron chi connectivity index (χ3n) is 4.51. The van der Waals surface area contributed by atoms with Crippen molar-refractivity contribution in [2.75, 3.05) is 53.0 Å². The number of methoxy groups -OCH3 is 1. The van der Waals surface area contributed by atoms with Crippen molar-refractivity contribution >= 4 is 15.9 Å². The summed E-state index contributed by atoms with van der Waals surface area (Å²) in [5.74, 6) is -0.155. The Bertz CT molecular complexity index is 670. The Hall–Kier alpha value is -1.48. The molecule has 8 heteroatoms. The van der Waals surface area contributed by atoms with Crippen LogP contribution in [0.25, 0.3) is 0 Å². The van der Waals surface area contributed by atoms with E-state index < -0.39 is 10.0 Å². The summed E-state index contributed by atoms with van der Waals surface area (Å²) in [4.78, 5) is 14.5. The van der Waals surface area contributed by atoms with Gasteiger partial charge in [0.15, 0.2) is 0 Å². The Balaban J connectivity index is 2.16. The van der Waals surface area contributed by atoms with Crippen LogP contribution >= 0.6 is 0 Å². The van der Waals surface area contributed by atoms with Crippen LogP contribution in [0.1, 0.15) is 18.9 Å². The number of rotatable bonds is 9. The maximum absolute atomic E-state index is 13.0. The number of amides is 1. The molecule has 2 rings (SSSR count). The Morgan fingerprint density at radius 1 is 1.23 bits per heavy atom. The standard InChI is InChI=1S/C18H29N3O4S/c1-3-16-5-7-17(8-6-16)26(23,24)21(11-4-14-25-2)15-18(22)20-12-9-19-10-13-20/h5-8,19H,3-4,9-15H2,1-2H3. The highest BCUT2D eigenvalue weighted by molar-refractivity contribution is 7.89. The van der Waals surface area contributed by atoms with Crippen LogP contribution < -0.4 is 5.32 Å². The zero-order valence-electron chi connectivity index (χ0n) is 15.6. The van der Waals surface area contributed by atoms with Gasteiger partial charge in [0.2, 0.25) is 15.9 Å². The molecule has 1 saturated heterocycles. The molecule has 0 atom stereocenters. The summed E-state index contributed by atoms with van der Waals surface area (Å²) < 4.78 is 32.4. The summed E-state index contributed by atoms with van der Waals surface area (Å²) in [7, 11) is -2.15. The maximum atomic E-state index is 13.0. The number of nitrogens with one attached hydrogen (secondary N) is 1. The summed E-state index contributed by atoms with van der Waals surface area (Å²) in [5, 5.41) is 3.19. The van der Waals surface area contributed by atoms with Crippen LogP contribution in [0.2, 0.25) is 0 Å². The lowest BCUT2D eigenvalue weighted by Crippen LogP contribution is -2.50. The van der Waals surface area contributed by atoms with E-state index in [0.29, 0.717) is 26.1 Å². The predicted molar refractivity (Wildman–Crippen MR) is 101 cm³/mol. The number of carbonyl (C=O) groups excluding carboxylic acids is 1. The number of nitrogens with zero attached hydrogens (tertiary/aromatic N) is 2. The Kier molecular flexibility index (Phi) is 8.02. The third-order valence-corrected chi connectivity index (χ3v) is 6.37. The molecule has 146 valence electrons. The van der Waals surface area contributed by atoms with Crippen molar-refractivity contribution in [3.05, 3.63) is 29.8 Å². The van der Waals surface area contributed by atoms with Crippen molar-refractivity contribution in [3.63, 3.8) is 0 Å². The molecule has 1 aromatic rings. The molecule has 0 saturated carbocycles. The predicted octanol–water partition coefficient (Wildman–Crippen LogP) is 0.708. The number of hydrogen-bond acceptors (Lipinski definition) is 5. The molecule has 0 radical (unpaired) electrons. The number of hydrogen-bond donors (Lipinski definition) is 1. The van der Waals surface area contributed by atoms with Crippen LogP contribution in [0.3, 0.4) is 0 Å². The van der Waals surface area contributed by atoms with Crippen molar-refractivity contribution in [2.24, 2.45) is 0 Å². The second-order valence-electron chi connectivity index (χ2n) is 6.31. The number of piperazine rings is 1. The number of carbonyl (C=O) groups is 1. The number of ether oxygens (including phenoxy) is 1. The average molecular weight is 384 g/mol. The highest BCUT2D eigenvalue weighted by Gasteiger charge is 2.28. The van der Waals surface area contributed by atoms with Crippen molar-refractivity contribution in [3.8, 4) is 0 Å². The van der Waals surface area contributed by atoms with Crippen molar-refractivity contribution in [1.82, 2.24) is 14.5 Å². The molecule has 1 amide bonds. The first kappa shape index (κ1) is 20.8. The van der Waals surface area contributed by atoms with E-state index in [1.165, 1.54) is 4.31 Å². The first-order valence-electron chi connectivity index (χ1n) is 9.05. The van der Waals surface area contributed by atoms with Crippen molar-refractivity contribution in [1.29, 1.82) is 0 Å². The largest absolute Gasteiger partial charge is 0.385 e. The van der Waals surface area contributed by atoms with Crippen LogP contribution in [0.5, 0.6) is 0 Å². The molecular weight excluding hydrogens is 354 g/mol. The van der Waals surface area contributed by atoms with Gasteiger partial charge in [0.05, 0.1) is 11.4 Å². The highest BCUT2D eigenvalue weighted by Crippen LogP contribution is 2.17. The molecule has 0 unspecified atom stereocenters. The molecule has 1 aliphatic heterocycles. The quantitative estimate of drug-likeness (QED) is 0.636. The second-order valence-corrected chi connectivity index (χ2v) is 8.25. The number of benzene rings is 1. The van der Waals surface area contributed by atoms with Crippen molar-refractivity contribution < 1.29 is 17.9 Å². The molecule has 1 aromatic carbocycles. The van der Waals surface area contributed by atoms with Gasteiger partial charge >= 0.3 is 0 Å². The fourth-order valence-corrected chi connectivity index (χ4v) is 4.31. The monoisotopic (exact) mass is 383 g/mol. The van der Waals surface area contributed by atoms with Gasteiger partial charge in [0.25, 0.3) is 0 Å². The Morgan fingerprint density at radius 2 is 1.88 bits per heavy atom. The summed E-state index contributed by atoms with van der Waals surface area (Å²) in [6, 6.07) is 6.87. The number of sulfonamides is 1. The number of aryl methyl sites for hydroxylation is 1. The molecular formula is C18H29N3O4S. The van der Waals surface area contributed by atoms with Gasteiger partial charge in [-0.2, -0.15) is 4.31 Å². The lowest BCUT2D eigenvalue weighted by Gasteiger charge is -2.30. The molecule has 1 fully saturated rings. The molecule has 0 aliphatic carbocycles. The van der Waals surface area contributed by atoms with Crippen LogP contribution in [0.15, 0.2) is 29.2 Å². The molecule has 0 spiro atoms. The van der Waals surface area contributed by atoms with Crippen molar-refractivity contribution in [2.45, 2.75) is 24.7 Å². The van der Waals surface area contributed by atoms with Crippen LogP contribution in [0, 0.1) is 0 Å². The van der Waals surface area contributed by atoms with Gasteiger partial charge in [-0.3, -0.25) is 4.79 Å². The fourth-order valence-electron chi connectivity index (χ4n) is 2.88. The average Bonchev–Trinajstić information content (AvgIpc) is 2.68. The van der Waals surface area contributed by atoms with E-state index >= 15 is 0 Å². The van der Waals surface area contributed by atoms with E-state index in [1.54, 1.807) is 24.1 Å². The molecule has 0 aromatic heterocycles. The van der Waals surface area contributed by atoms with Crippen LogP contribution in [-0.4, -0.2) is 76.5 Å². The van der Waals surface area contributed by atoms with Gasteiger partial charge in [-0.25, -0.2) is 8.42 Å². The molecule has 0 bridgehead atoms. The minimum atomic E-state index is -3.73. The van der Waals surface area contributed by atoms with E-state index in [9.17, 15) is 13.2 Å². The first-order valence-corrected chi connectivity index (χ1v) is 10.5. The molecule has 1 aliphatic rings. The van der Waals surface area contributed by atoms with E-state index in [2.05, 4.69) is 5.32 Å². The van der Waals surface area contributed by atoms with Crippen LogP contribution in [0.4, 0.5) is 0 Å². The summed E-state index contributed by atoms with van der Waals surface area (Å²) in [5.41, 5.74) is 1.08. The third kappa shape index (κ3) is 5.51. The lowest BCUT2D eigenvalue weighted by molar-refractivity contribution is -0.132. The second kappa shape index (κ2) is 10.0. The summed E-state index contributed by atoms with van der Waals surface area (Å²) in [6.45, 7) is 5.27. The smallest absolute Gasteiger partial charge is 0.243 e. The SMILES string of the molecule is CCc1ccc(S(=O)(=O)N(CCCOC)CC(=O)N2CCNCC2)cc1. The molecule has 1 heterocycles. The maximum Gasteiger partial charge on any atom is 0.243 e.